The fourth-order valence-corrected chi connectivity index (χ4v) is 2.66. The highest BCUT2D eigenvalue weighted by atomic mass is 16.7. The van der Waals surface area contributed by atoms with Crippen LogP contribution in [0.2, 0.25) is 0 Å². The Balaban J connectivity index is 1.92. The van der Waals surface area contributed by atoms with Crippen molar-refractivity contribution in [3.8, 4) is 0 Å². The molecule has 0 spiro atoms. The Morgan fingerprint density at radius 2 is 2.27 bits per heavy atom. The van der Waals surface area contributed by atoms with Crippen molar-refractivity contribution in [3.05, 3.63) is 0 Å². The van der Waals surface area contributed by atoms with E-state index in [2.05, 4.69) is 6.92 Å². The molecule has 15 heavy (non-hydrogen) atoms. The van der Waals surface area contributed by atoms with E-state index in [1.165, 1.54) is 12.2 Å². The average Bonchev–Trinajstić information content (AvgIpc) is 2.70. The molecule has 1 unspecified atom stereocenters. The van der Waals surface area contributed by atoms with Crippen LogP contribution in [0.25, 0.3) is 0 Å². The number of rotatable bonds is 3. The summed E-state index contributed by atoms with van der Waals surface area (Å²) in [4.78, 5) is 16.8. The summed E-state index contributed by atoms with van der Waals surface area (Å²) in [6, 6.07) is 0. The maximum atomic E-state index is 11.9. The molecule has 2 fully saturated rings. The van der Waals surface area contributed by atoms with E-state index >= 15 is 0 Å². The van der Waals surface area contributed by atoms with Crippen molar-refractivity contribution in [3.63, 3.8) is 0 Å². The fraction of sp³-hybridized carbons (Fsp3) is 0.909. The molecule has 2 rings (SSSR count). The molecule has 86 valence electrons. The van der Waals surface area contributed by atoms with Gasteiger partial charge in [0.05, 0.1) is 13.2 Å². The Kier molecular flexibility index (Phi) is 2.98. The largest absolute Gasteiger partial charge is 0.378 e. The molecule has 4 atom stereocenters. The summed E-state index contributed by atoms with van der Waals surface area (Å²) in [7, 11) is 3.19. The van der Waals surface area contributed by atoms with Crippen molar-refractivity contribution in [2.75, 3.05) is 20.8 Å². The Morgan fingerprint density at radius 3 is 2.80 bits per heavy atom. The Bertz CT molecular complexity index is 250. The highest BCUT2D eigenvalue weighted by Gasteiger charge is 2.57. The van der Waals surface area contributed by atoms with E-state index in [0.29, 0.717) is 17.9 Å². The first kappa shape index (κ1) is 10.9. The Labute approximate surface area is 90.5 Å². The van der Waals surface area contributed by atoms with Gasteiger partial charge in [0.2, 0.25) is 5.91 Å². The van der Waals surface area contributed by atoms with Gasteiger partial charge in [0.1, 0.15) is 0 Å². The molecule has 1 saturated carbocycles. The SMILES string of the molecule is CON(C)C(=O)[C@@H]1C(C)[C@H]1[C@H]1CCCO1. The van der Waals surface area contributed by atoms with Crippen LogP contribution in [0.5, 0.6) is 0 Å². The third kappa shape index (κ3) is 1.88. The molecule has 0 radical (unpaired) electrons. The molecular weight excluding hydrogens is 194 g/mol. The van der Waals surface area contributed by atoms with Gasteiger partial charge in [0.25, 0.3) is 0 Å². The normalized spacial score (nSPS) is 39.1. The maximum Gasteiger partial charge on any atom is 0.249 e. The molecule has 1 aliphatic heterocycles. The smallest absolute Gasteiger partial charge is 0.249 e. The van der Waals surface area contributed by atoms with Crippen LogP contribution in [-0.2, 0) is 14.4 Å². The van der Waals surface area contributed by atoms with Gasteiger partial charge >= 0.3 is 0 Å². The summed E-state index contributed by atoms with van der Waals surface area (Å²) in [6.07, 6.45) is 2.55. The van der Waals surface area contributed by atoms with Crippen LogP contribution in [0.4, 0.5) is 0 Å². The zero-order valence-electron chi connectivity index (χ0n) is 9.60. The van der Waals surface area contributed by atoms with Crippen molar-refractivity contribution in [1.29, 1.82) is 0 Å². The second-order valence-corrected chi connectivity index (χ2v) is 4.53. The van der Waals surface area contributed by atoms with Gasteiger partial charge in [-0.1, -0.05) is 6.92 Å². The molecule has 1 aliphatic carbocycles. The van der Waals surface area contributed by atoms with Gasteiger partial charge in [-0.3, -0.25) is 9.63 Å². The lowest BCUT2D eigenvalue weighted by Gasteiger charge is -2.14. The van der Waals surface area contributed by atoms with E-state index < -0.39 is 0 Å². The number of hydroxylamine groups is 2. The van der Waals surface area contributed by atoms with Crippen LogP contribution in [0.3, 0.4) is 0 Å². The lowest BCUT2D eigenvalue weighted by molar-refractivity contribution is -0.171. The molecule has 0 aromatic carbocycles. The van der Waals surface area contributed by atoms with Crippen molar-refractivity contribution in [1.82, 2.24) is 5.06 Å². The highest BCUT2D eigenvalue weighted by Crippen LogP contribution is 2.51. The highest BCUT2D eigenvalue weighted by molar-refractivity contribution is 5.81. The van der Waals surface area contributed by atoms with Crippen LogP contribution < -0.4 is 0 Å². The van der Waals surface area contributed by atoms with Crippen LogP contribution in [0.1, 0.15) is 19.8 Å². The van der Waals surface area contributed by atoms with E-state index in [0.717, 1.165) is 19.4 Å². The van der Waals surface area contributed by atoms with E-state index in [1.807, 2.05) is 0 Å². The van der Waals surface area contributed by atoms with Crippen molar-refractivity contribution in [2.24, 2.45) is 17.8 Å². The molecule has 4 heteroatoms. The first-order chi connectivity index (χ1) is 7.16. The number of nitrogens with zero attached hydrogens (tertiary/aromatic N) is 1. The number of amides is 1. The zero-order chi connectivity index (χ0) is 11.0. The first-order valence-corrected chi connectivity index (χ1v) is 5.60. The lowest BCUT2D eigenvalue weighted by atomic mass is 10.1. The van der Waals surface area contributed by atoms with E-state index in [-0.39, 0.29) is 11.8 Å². The van der Waals surface area contributed by atoms with Gasteiger partial charge in [0.15, 0.2) is 0 Å². The summed E-state index contributed by atoms with van der Waals surface area (Å²) in [5, 5.41) is 1.33. The number of carbonyl (C=O) groups excluding carboxylic acids is 1. The maximum absolute atomic E-state index is 11.9. The fourth-order valence-electron chi connectivity index (χ4n) is 2.66. The monoisotopic (exact) mass is 213 g/mol. The quantitative estimate of drug-likeness (QED) is 0.658. The third-order valence-corrected chi connectivity index (χ3v) is 3.71. The molecule has 0 N–H and O–H groups in total. The molecule has 1 heterocycles. The third-order valence-electron chi connectivity index (χ3n) is 3.71. The topological polar surface area (TPSA) is 38.8 Å². The van der Waals surface area contributed by atoms with Gasteiger partial charge in [0, 0.05) is 25.5 Å². The molecule has 1 amide bonds. The predicted molar refractivity (Wildman–Crippen MR) is 54.9 cm³/mol. The number of hydrogen-bond donors (Lipinski definition) is 0. The van der Waals surface area contributed by atoms with E-state index in [4.69, 9.17) is 9.57 Å². The minimum atomic E-state index is 0.0884. The van der Waals surface area contributed by atoms with Gasteiger partial charge in [-0.25, -0.2) is 5.06 Å². The standard InChI is InChI=1S/C11H19NO3/c1-7-9(8-5-4-6-15-8)10(7)11(13)12(2)14-3/h7-10H,4-6H2,1-3H3/t7?,8-,9+,10-/m1/s1. The zero-order valence-corrected chi connectivity index (χ0v) is 9.60. The van der Waals surface area contributed by atoms with Crippen molar-refractivity contribution < 1.29 is 14.4 Å². The number of carbonyl (C=O) groups is 1. The summed E-state index contributed by atoms with van der Waals surface area (Å²) in [5.74, 6) is 1.05. The first-order valence-electron chi connectivity index (χ1n) is 5.60. The minimum Gasteiger partial charge on any atom is -0.378 e. The van der Waals surface area contributed by atoms with Gasteiger partial charge < -0.3 is 4.74 Å². The Hall–Kier alpha value is -0.610. The second-order valence-electron chi connectivity index (χ2n) is 4.53. The Morgan fingerprint density at radius 1 is 1.53 bits per heavy atom. The van der Waals surface area contributed by atoms with Gasteiger partial charge in [-0.15, -0.1) is 0 Å². The van der Waals surface area contributed by atoms with Crippen molar-refractivity contribution in [2.45, 2.75) is 25.9 Å². The minimum absolute atomic E-state index is 0.0884. The molecule has 0 bridgehead atoms. The number of hydrogen-bond acceptors (Lipinski definition) is 3. The molecule has 2 aliphatic rings. The van der Waals surface area contributed by atoms with E-state index in [1.54, 1.807) is 7.05 Å². The molecular formula is C11H19NO3. The van der Waals surface area contributed by atoms with Crippen LogP contribution >= 0.6 is 0 Å². The summed E-state index contributed by atoms with van der Waals surface area (Å²) < 4.78 is 5.63. The molecule has 0 aromatic heterocycles. The summed E-state index contributed by atoms with van der Waals surface area (Å²) in [6.45, 7) is 2.98. The second kappa shape index (κ2) is 4.10. The predicted octanol–water partition coefficient (Wildman–Crippen LogP) is 1.07. The summed E-state index contributed by atoms with van der Waals surface area (Å²) in [5.41, 5.74) is 0. The van der Waals surface area contributed by atoms with Crippen LogP contribution in [0.15, 0.2) is 0 Å². The molecule has 4 nitrogen and oxygen atoms in total. The average molecular weight is 213 g/mol. The van der Waals surface area contributed by atoms with Gasteiger partial charge in [-0.2, -0.15) is 0 Å². The molecule has 1 saturated heterocycles. The lowest BCUT2D eigenvalue weighted by Crippen LogP contribution is -2.28. The van der Waals surface area contributed by atoms with Crippen LogP contribution in [0, 0.1) is 17.8 Å². The van der Waals surface area contributed by atoms with Gasteiger partial charge in [-0.05, 0) is 18.8 Å². The van der Waals surface area contributed by atoms with Crippen molar-refractivity contribution >= 4 is 5.91 Å². The molecule has 0 aromatic rings. The number of ether oxygens (including phenoxy) is 1. The summed E-state index contributed by atoms with van der Waals surface area (Å²) >= 11 is 0. The van der Waals surface area contributed by atoms with E-state index in [9.17, 15) is 4.79 Å². The van der Waals surface area contributed by atoms with Crippen LogP contribution in [-0.4, -0.2) is 37.8 Å².